The van der Waals surface area contributed by atoms with E-state index in [1.807, 2.05) is 24.3 Å². The van der Waals surface area contributed by atoms with Crippen molar-refractivity contribution >= 4 is 23.6 Å². The maximum Gasteiger partial charge on any atom is 0.315 e. The van der Waals surface area contributed by atoms with Crippen molar-refractivity contribution in [1.29, 1.82) is 0 Å². The molecule has 1 aliphatic rings. The fraction of sp³-hybridized carbons (Fsp3) is 0.438. The van der Waals surface area contributed by atoms with Gasteiger partial charge in [0.15, 0.2) is 5.82 Å². The van der Waals surface area contributed by atoms with Crippen molar-refractivity contribution in [2.24, 2.45) is 0 Å². The number of anilines is 1. The van der Waals surface area contributed by atoms with Gasteiger partial charge in [-0.2, -0.15) is 8.75 Å². The molecule has 0 bridgehead atoms. The second-order valence-electron chi connectivity index (χ2n) is 5.70. The predicted molar refractivity (Wildman–Crippen MR) is 93.5 cm³/mol. The van der Waals surface area contributed by atoms with E-state index in [1.165, 1.54) is 11.7 Å². The number of ether oxygens (including phenoxy) is 1. The normalized spacial score (nSPS) is 15.1. The second kappa shape index (κ2) is 7.96. The summed E-state index contributed by atoms with van der Waals surface area (Å²) in [6.45, 7) is 2.27. The van der Waals surface area contributed by atoms with Gasteiger partial charge in [0.2, 0.25) is 0 Å². The molecule has 2 amide bonds. The number of nitrogens with one attached hydrogen (secondary N) is 2. The van der Waals surface area contributed by atoms with Crippen LogP contribution in [0.15, 0.2) is 30.5 Å². The largest absolute Gasteiger partial charge is 0.497 e. The molecule has 0 saturated carbocycles. The molecule has 0 radical (unpaired) electrons. The number of carbonyl (C=O) groups excluding carboxylic acids is 1. The molecule has 24 heavy (non-hydrogen) atoms. The van der Waals surface area contributed by atoms with Gasteiger partial charge in [0.05, 0.1) is 25.0 Å². The molecular weight excluding hydrogens is 326 g/mol. The zero-order valence-electron chi connectivity index (χ0n) is 13.6. The van der Waals surface area contributed by atoms with Gasteiger partial charge in [-0.05, 0) is 30.5 Å². The number of methoxy groups -OCH3 is 1. The first-order valence-electron chi connectivity index (χ1n) is 7.94. The Balaban J connectivity index is 1.39. The van der Waals surface area contributed by atoms with Gasteiger partial charge in [0, 0.05) is 25.7 Å². The predicted octanol–water partition coefficient (Wildman–Crippen LogP) is 2.01. The molecule has 3 rings (SSSR count). The van der Waals surface area contributed by atoms with E-state index in [2.05, 4.69) is 24.3 Å². The van der Waals surface area contributed by atoms with E-state index < -0.39 is 0 Å². The third-order valence-corrected chi connectivity index (χ3v) is 4.58. The molecule has 1 aromatic carbocycles. The number of rotatable bonds is 5. The first kappa shape index (κ1) is 16.5. The van der Waals surface area contributed by atoms with Gasteiger partial charge >= 0.3 is 6.03 Å². The van der Waals surface area contributed by atoms with Crippen molar-refractivity contribution in [1.82, 2.24) is 19.4 Å². The summed E-state index contributed by atoms with van der Waals surface area (Å²) in [5.74, 6) is 1.74. The van der Waals surface area contributed by atoms with E-state index in [0.29, 0.717) is 6.54 Å². The lowest BCUT2D eigenvalue weighted by molar-refractivity contribution is 0.234. The maximum atomic E-state index is 12.0. The molecular formula is C16H21N5O2S. The number of urea groups is 1. The van der Waals surface area contributed by atoms with E-state index >= 15 is 0 Å². The summed E-state index contributed by atoms with van der Waals surface area (Å²) in [5.41, 5.74) is 1.04. The highest BCUT2D eigenvalue weighted by Gasteiger charge is 2.21. The summed E-state index contributed by atoms with van der Waals surface area (Å²) in [4.78, 5) is 14.2. The van der Waals surface area contributed by atoms with Gasteiger partial charge in [0.25, 0.3) is 0 Å². The summed E-state index contributed by atoms with van der Waals surface area (Å²) >= 11 is 1.22. The smallest absolute Gasteiger partial charge is 0.315 e. The number of piperidine rings is 1. The Morgan fingerprint density at radius 1 is 1.33 bits per heavy atom. The fourth-order valence-electron chi connectivity index (χ4n) is 2.71. The average Bonchev–Trinajstić information content (AvgIpc) is 3.16. The van der Waals surface area contributed by atoms with Crippen LogP contribution in [0.3, 0.4) is 0 Å². The lowest BCUT2D eigenvalue weighted by atomic mass is 10.1. The van der Waals surface area contributed by atoms with Crippen LogP contribution in [0.1, 0.15) is 18.4 Å². The van der Waals surface area contributed by atoms with Gasteiger partial charge in [0.1, 0.15) is 5.75 Å². The Morgan fingerprint density at radius 3 is 2.71 bits per heavy atom. The van der Waals surface area contributed by atoms with Crippen molar-refractivity contribution in [3.05, 3.63) is 36.0 Å². The minimum Gasteiger partial charge on any atom is -0.497 e. The number of amides is 2. The van der Waals surface area contributed by atoms with E-state index in [1.54, 1.807) is 13.3 Å². The Morgan fingerprint density at radius 2 is 2.08 bits per heavy atom. The van der Waals surface area contributed by atoms with E-state index in [4.69, 9.17) is 4.74 Å². The first-order valence-corrected chi connectivity index (χ1v) is 8.67. The number of carbonyl (C=O) groups is 1. The van der Waals surface area contributed by atoms with Gasteiger partial charge < -0.3 is 20.3 Å². The van der Waals surface area contributed by atoms with Gasteiger partial charge in [-0.3, -0.25) is 0 Å². The zero-order valence-corrected chi connectivity index (χ0v) is 14.4. The van der Waals surface area contributed by atoms with E-state index in [0.717, 1.165) is 43.1 Å². The lowest BCUT2D eigenvalue weighted by Crippen LogP contribution is -2.47. The first-order chi connectivity index (χ1) is 11.7. The van der Waals surface area contributed by atoms with Crippen LogP contribution in [0.2, 0.25) is 0 Å². The Bertz CT molecular complexity index is 639. The highest BCUT2D eigenvalue weighted by atomic mass is 32.1. The summed E-state index contributed by atoms with van der Waals surface area (Å²) in [6, 6.07) is 7.73. The summed E-state index contributed by atoms with van der Waals surface area (Å²) in [5, 5.41) is 5.94. The molecule has 0 spiro atoms. The van der Waals surface area contributed by atoms with Crippen molar-refractivity contribution in [2.45, 2.75) is 25.4 Å². The summed E-state index contributed by atoms with van der Waals surface area (Å²) in [7, 11) is 1.64. The second-order valence-corrected chi connectivity index (χ2v) is 6.26. The van der Waals surface area contributed by atoms with Gasteiger partial charge in [-0.15, -0.1) is 0 Å². The number of aromatic nitrogens is 2. The van der Waals surface area contributed by atoms with E-state index in [-0.39, 0.29) is 12.1 Å². The molecule has 1 aromatic heterocycles. The van der Waals surface area contributed by atoms with Gasteiger partial charge in [-0.1, -0.05) is 12.1 Å². The quantitative estimate of drug-likeness (QED) is 0.865. The highest BCUT2D eigenvalue weighted by molar-refractivity contribution is 6.99. The van der Waals surface area contributed by atoms with Crippen LogP contribution in [-0.2, 0) is 6.54 Å². The van der Waals surface area contributed by atoms with Crippen LogP contribution in [0.25, 0.3) is 0 Å². The molecule has 1 fully saturated rings. The molecule has 0 aliphatic carbocycles. The van der Waals surface area contributed by atoms with Crippen LogP contribution < -0.4 is 20.3 Å². The number of nitrogens with zero attached hydrogens (tertiary/aromatic N) is 3. The number of hydrogen-bond acceptors (Lipinski definition) is 6. The van der Waals surface area contributed by atoms with Crippen molar-refractivity contribution < 1.29 is 9.53 Å². The maximum absolute atomic E-state index is 12.0. The van der Waals surface area contributed by atoms with Crippen molar-refractivity contribution in [2.75, 3.05) is 25.1 Å². The summed E-state index contributed by atoms with van der Waals surface area (Å²) in [6.07, 6.45) is 3.61. The van der Waals surface area contributed by atoms with Crippen molar-refractivity contribution in [3.8, 4) is 5.75 Å². The molecule has 128 valence electrons. The minimum atomic E-state index is -0.125. The molecule has 7 nitrogen and oxygen atoms in total. The topological polar surface area (TPSA) is 79.4 Å². The third-order valence-electron chi connectivity index (χ3n) is 4.12. The molecule has 2 N–H and O–H groups in total. The average molecular weight is 347 g/mol. The van der Waals surface area contributed by atoms with Crippen molar-refractivity contribution in [3.63, 3.8) is 0 Å². The van der Waals surface area contributed by atoms with Crippen LogP contribution >= 0.6 is 11.7 Å². The Hall–Kier alpha value is -2.35. The fourth-order valence-corrected chi connectivity index (χ4v) is 3.15. The molecule has 0 unspecified atom stereocenters. The standard InChI is InChI=1S/C16H21N5O2S/c1-23-14-4-2-12(3-5-14)10-17-16(22)19-13-6-8-21(9-7-13)15-11-18-24-20-15/h2-5,11,13H,6-10H2,1H3,(H2,17,19,22). The zero-order chi connectivity index (χ0) is 16.8. The molecule has 8 heteroatoms. The van der Waals surface area contributed by atoms with Crippen LogP contribution in [-0.4, -0.2) is 41.0 Å². The van der Waals surface area contributed by atoms with Crippen LogP contribution in [0, 0.1) is 0 Å². The number of benzene rings is 1. The molecule has 1 saturated heterocycles. The lowest BCUT2D eigenvalue weighted by Gasteiger charge is -2.32. The molecule has 2 heterocycles. The van der Waals surface area contributed by atoms with Crippen LogP contribution in [0.4, 0.5) is 10.6 Å². The highest BCUT2D eigenvalue weighted by Crippen LogP contribution is 2.17. The third kappa shape index (κ3) is 4.35. The SMILES string of the molecule is COc1ccc(CNC(=O)NC2CCN(c3cnsn3)CC2)cc1. The van der Waals surface area contributed by atoms with Gasteiger partial charge in [-0.25, -0.2) is 4.79 Å². The minimum absolute atomic E-state index is 0.125. The summed E-state index contributed by atoms with van der Waals surface area (Å²) < 4.78 is 13.4. The molecule has 2 aromatic rings. The van der Waals surface area contributed by atoms with E-state index in [9.17, 15) is 4.79 Å². The molecule has 0 atom stereocenters. The van der Waals surface area contributed by atoms with Crippen LogP contribution in [0.5, 0.6) is 5.75 Å². The molecule has 1 aliphatic heterocycles. The number of hydrogen-bond donors (Lipinski definition) is 2. The monoisotopic (exact) mass is 347 g/mol. The Kier molecular flexibility index (Phi) is 5.47. The Labute approximate surface area is 145 Å².